The van der Waals surface area contributed by atoms with Crippen molar-refractivity contribution in [1.29, 1.82) is 0 Å². The summed E-state index contributed by atoms with van der Waals surface area (Å²) < 4.78 is 6.00. The van der Waals surface area contributed by atoms with Crippen LogP contribution in [0.1, 0.15) is 35.8 Å². The van der Waals surface area contributed by atoms with Gasteiger partial charge >= 0.3 is 5.97 Å². The molecule has 0 saturated carbocycles. The molecule has 6 nitrogen and oxygen atoms in total. The first-order valence-electron chi connectivity index (χ1n) is 5.31. The third-order valence-corrected chi connectivity index (χ3v) is 2.32. The van der Waals surface area contributed by atoms with Crippen LogP contribution in [0.15, 0.2) is 10.9 Å². The number of aromatic nitrogens is 2. The number of rotatable bonds is 5. The van der Waals surface area contributed by atoms with Crippen LogP contribution in [0.25, 0.3) is 0 Å². The average molecular weight is 240 g/mol. The lowest BCUT2D eigenvalue weighted by Crippen LogP contribution is -2.31. The molecule has 1 rings (SSSR count). The summed E-state index contributed by atoms with van der Waals surface area (Å²) in [4.78, 5) is 22.7. The van der Waals surface area contributed by atoms with Gasteiger partial charge in [0.15, 0.2) is 0 Å². The molecular formula is C11H16N2O4. The first-order chi connectivity index (χ1) is 7.97. The van der Waals surface area contributed by atoms with Gasteiger partial charge in [0.25, 0.3) is 5.56 Å². The van der Waals surface area contributed by atoms with Crippen molar-refractivity contribution in [3.05, 3.63) is 27.7 Å². The second-order valence-corrected chi connectivity index (χ2v) is 3.96. The molecule has 1 aromatic heterocycles. The predicted molar refractivity (Wildman–Crippen MR) is 61.4 cm³/mol. The normalized spacial score (nSPS) is 10.8. The maximum Gasteiger partial charge on any atom is 0.341 e. The van der Waals surface area contributed by atoms with Gasteiger partial charge in [0.1, 0.15) is 5.56 Å². The molecule has 6 heteroatoms. The van der Waals surface area contributed by atoms with Crippen molar-refractivity contribution in [3.63, 3.8) is 0 Å². The van der Waals surface area contributed by atoms with E-state index in [1.807, 2.05) is 13.8 Å². The Kier molecular flexibility index (Phi) is 4.39. The zero-order valence-electron chi connectivity index (χ0n) is 10.1. The minimum atomic E-state index is -1.23. The highest BCUT2D eigenvalue weighted by atomic mass is 16.5. The molecule has 0 saturated heterocycles. The molecule has 17 heavy (non-hydrogen) atoms. The van der Waals surface area contributed by atoms with Crippen LogP contribution in [-0.4, -0.2) is 34.6 Å². The Balaban J connectivity index is 3.28. The maximum atomic E-state index is 11.8. The molecule has 0 radical (unpaired) electrons. The molecule has 1 N–H and O–H groups in total. The molecule has 1 heterocycles. The van der Waals surface area contributed by atoms with Crippen LogP contribution >= 0.6 is 0 Å². The fourth-order valence-corrected chi connectivity index (χ4v) is 1.33. The smallest absolute Gasteiger partial charge is 0.341 e. The third kappa shape index (κ3) is 3.13. The van der Waals surface area contributed by atoms with E-state index in [0.717, 1.165) is 4.68 Å². The number of carboxylic acids is 1. The van der Waals surface area contributed by atoms with Crippen molar-refractivity contribution in [3.8, 4) is 0 Å². The SMILES string of the molecule is COCCn1nc(C(C)C)cc(C(=O)O)c1=O. The van der Waals surface area contributed by atoms with Gasteiger partial charge in [0, 0.05) is 7.11 Å². The summed E-state index contributed by atoms with van der Waals surface area (Å²) in [6.07, 6.45) is 0. The summed E-state index contributed by atoms with van der Waals surface area (Å²) in [5.74, 6) is -1.17. The number of ether oxygens (including phenoxy) is 1. The highest BCUT2D eigenvalue weighted by Gasteiger charge is 2.15. The van der Waals surface area contributed by atoms with E-state index in [0.29, 0.717) is 12.3 Å². The second-order valence-electron chi connectivity index (χ2n) is 3.96. The number of carbonyl (C=O) groups is 1. The van der Waals surface area contributed by atoms with Crippen molar-refractivity contribution in [2.24, 2.45) is 0 Å². The summed E-state index contributed by atoms with van der Waals surface area (Å²) in [7, 11) is 1.51. The van der Waals surface area contributed by atoms with E-state index in [1.54, 1.807) is 0 Å². The van der Waals surface area contributed by atoms with Crippen LogP contribution in [0.4, 0.5) is 0 Å². The zero-order valence-corrected chi connectivity index (χ0v) is 10.1. The summed E-state index contributed by atoms with van der Waals surface area (Å²) in [6.45, 7) is 4.34. The molecule has 0 atom stereocenters. The van der Waals surface area contributed by atoms with Crippen LogP contribution in [0.3, 0.4) is 0 Å². The molecule has 0 aliphatic carbocycles. The van der Waals surface area contributed by atoms with Gasteiger partial charge < -0.3 is 9.84 Å². The van der Waals surface area contributed by atoms with Gasteiger partial charge in [0.05, 0.1) is 18.8 Å². The largest absolute Gasteiger partial charge is 0.477 e. The van der Waals surface area contributed by atoms with Gasteiger partial charge in [-0.2, -0.15) is 5.10 Å². The first-order valence-corrected chi connectivity index (χ1v) is 5.31. The fraction of sp³-hybridized carbons (Fsp3) is 0.545. The molecule has 0 unspecified atom stereocenters. The maximum absolute atomic E-state index is 11.8. The number of methoxy groups -OCH3 is 1. The lowest BCUT2D eigenvalue weighted by atomic mass is 10.1. The van der Waals surface area contributed by atoms with E-state index >= 15 is 0 Å². The Morgan fingerprint density at radius 2 is 2.24 bits per heavy atom. The lowest BCUT2D eigenvalue weighted by molar-refractivity contribution is 0.0693. The average Bonchev–Trinajstić information content (AvgIpc) is 2.26. The molecule has 0 spiro atoms. The van der Waals surface area contributed by atoms with Gasteiger partial charge in [-0.3, -0.25) is 4.79 Å². The quantitative estimate of drug-likeness (QED) is 0.819. The van der Waals surface area contributed by atoms with Crippen LogP contribution in [0.2, 0.25) is 0 Å². The van der Waals surface area contributed by atoms with E-state index in [1.165, 1.54) is 13.2 Å². The van der Waals surface area contributed by atoms with Crippen LogP contribution in [-0.2, 0) is 11.3 Å². The molecule has 0 bridgehead atoms. The Bertz CT molecular complexity index is 465. The summed E-state index contributed by atoms with van der Waals surface area (Å²) in [6, 6.07) is 1.33. The predicted octanol–water partition coefficient (Wildman–Crippen LogP) is 0.711. The zero-order chi connectivity index (χ0) is 13.0. The Labute approximate surface area is 98.8 Å². The second kappa shape index (κ2) is 5.58. The summed E-state index contributed by atoms with van der Waals surface area (Å²) in [5.41, 5.74) is -0.267. The molecule has 0 aliphatic rings. The van der Waals surface area contributed by atoms with Crippen molar-refractivity contribution < 1.29 is 14.6 Å². The lowest BCUT2D eigenvalue weighted by Gasteiger charge is -2.10. The Morgan fingerprint density at radius 3 is 2.71 bits per heavy atom. The monoisotopic (exact) mass is 240 g/mol. The topological polar surface area (TPSA) is 81.4 Å². The van der Waals surface area contributed by atoms with Crippen molar-refractivity contribution in [2.75, 3.05) is 13.7 Å². The van der Waals surface area contributed by atoms with E-state index < -0.39 is 11.5 Å². The number of hydrogen-bond donors (Lipinski definition) is 1. The number of aromatic carboxylic acids is 1. The third-order valence-electron chi connectivity index (χ3n) is 2.32. The highest BCUT2D eigenvalue weighted by molar-refractivity contribution is 5.87. The number of nitrogens with zero attached hydrogens (tertiary/aromatic N) is 2. The minimum Gasteiger partial charge on any atom is -0.477 e. The van der Waals surface area contributed by atoms with Crippen molar-refractivity contribution in [2.45, 2.75) is 26.3 Å². The minimum absolute atomic E-state index is 0.0579. The molecule has 94 valence electrons. The van der Waals surface area contributed by atoms with Crippen LogP contribution < -0.4 is 5.56 Å². The molecule has 0 fully saturated rings. The Hall–Kier alpha value is -1.69. The van der Waals surface area contributed by atoms with Crippen molar-refractivity contribution >= 4 is 5.97 Å². The van der Waals surface area contributed by atoms with E-state index in [-0.39, 0.29) is 18.0 Å². The molecule has 0 aliphatic heterocycles. The summed E-state index contributed by atoms with van der Waals surface area (Å²) >= 11 is 0. The van der Waals surface area contributed by atoms with Crippen molar-refractivity contribution in [1.82, 2.24) is 9.78 Å². The first kappa shape index (κ1) is 13.4. The number of hydrogen-bond acceptors (Lipinski definition) is 4. The van der Waals surface area contributed by atoms with Gasteiger partial charge in [-0.15, -0.1) is 0 Å². The van der Waals surface area contributed by atoms with Gasteiger partial charge in [-0.25, -0.2) is 9.48 Å². The molecule has 0 amide bonds. The standard InChI is InChI=1S/C11H16N2O4/c1-7(2)9-6-8(11(15)16)10(14)13(12-9)4-5-17-3/h6-7H,4-5H2,1-3H3,(H,15,16). The number of carboxylic acid groups (broad SMARTS) is 1. The van der Waals surface area contributed by atoms with E-state index in [9.17, 15) is 9.59 Å². The van der Waals surface area contributed by atoms with E-state index in [4.69, 9.17) is 9.84 Å². The highest BCUT2D eigenvalue weighted by Crippen LogP contribution is 2.10. The molecule has 0 aromatic carbocycles. The van der Waals surface area contributed by atoms with Gasteiger partial charge in [-0.1, -0.05) is 13.8 Å². The molecular weight excluding hydrogens is 224 g/mol. The van der Waals surface area contributed by atoms with Gasteiger partial charge in [0.2, 0.25) is 0 Å². The Morgan fingerprint density at radius 1 is 1.59 bits per heavy atom. The summed E-state index contributed by atoms with van der Waals surface area (Å²) in [5, 5.41) is 13.1. The van der Waals surface area contributed by atoms with E-state index in [2.05, 4.69) is 5.10 Å². The van der Waals surface area contributed by atoms with Gasteiger partial charge in [-0.05, 0) is 12.0 Å². The van der Waals surface area contributed by atoms with Crippen LogP contribution in [0.5, 0.6) is 0 Å². The molecule has 1 aromatic rings. The fourth-order valence-electron chi connectivity index (χ4n) is 1.33. The van der Waals surface area contributed by atoms with Crippen LogP contribution in [0, 0.1) is 0 Å².